The number of hydrogen-bond acceptors (Lipinski definition) is 3. The maximum atomic E-state index is 13.3. The topological polar surface area (TPSA) is 57.6 Å². The highest BCUT2D eigenvalue weighted by molar-refractivity contribution is 6.46. The Kier molecular flexibility index (Phi) is 6.34. The molecule has 1 saturated heterocycles. The molecule has 33 heavy (non-hydrogen) atoms. The number of ketones is 1. The third-order valence-corrected chi connectivity index (χ3v) is 6.18. The number of carbonyl (C=O) groups is 2. The summed E-state index contributed by atoms with van der Waals surface area (Å²) >= 11 is 6.06. The first kappa shape index (κ1) is 22.7. The van der Waals surface area contributed by atoms with Crippen LogP contribution in [0.1, 0.15) is 33.9 Å². The molecule has 1 heterocycles. The lowest BCUT2D eigenvalue weighted by Crippen LogP contribution is -2.31. The molecule has 0 aliphatic carbocycles. The molecule has 1 aliphatic rings. The van der Waals surface area contributed by atoms with E-state index in [0.717, 1.165) is 16.7 Å². The van der Waals surface area contributed by atoms with Gasteiger partial charge in [0.2, 0.25) is 0 Å². The zero-order valence-corrected chi connectivity index (χ0v) is 19.1. The summed E-state index contributed by atoms with van der Waals surface area (Å²) < 4.78 is 13.3. The monoisotopic (exact) mass is 463 g/mol. The number of benzene rings is 3. The molecule has 1 aliphatic heterocycles. The van der Waals surface area contributed by atoms with Crippen molar-refractivity contribution in [3.05, 3.63) is 111 Å². The van der Waals surface area contributed by atoms with Crippen molar-refractivity contribution in [1.82, 2.24) is 4.90 Å². The van der Waals surface area contributed by atoms with Gasteiger partial charge in [0, 0.05) is 17.1 Å². The van der Waals surface area contributed by atoms with Crippen LogP contribution in [0.25, 0.3) is 5.76 Å². The second kappa shape index (κ2) is 9.20. The molecule has 0 bridgehead atoms. The number of halogens is 2. The van der Waals surface area contributed by atoms with E-state index in [4.69, 9.17) is 11.6 Å². The van der Waals surface area contributed by atoms with Crippen LogP contribution in [0.4, 0.5) is 4.39 Å². The van der Waals surface area contributed by atoms with Crippen molar-refractivity contribution in [3.63, 3.8) is 0 Å². The van der Waals surface area contributed by atoms with E-state index in [1.807, 2.05) is 26.0 Å². The summed E-state index contributed by atoms with van der Waals surface area (Å²) in [6.07, 6.45) is 0.431. The van der Waals surface area contributed by atoms with Crippen LogP contribution in [-0.4, -0.2) is 28.2 Å². The maximum absolute atomic E-state index is 13.3. The normalized spacial score (nSPS) is 17.6. The van der Waals surface area contributed by atoms with Gasteiger partial charge in [-0.3, -0.25) is 9.59 Å². The average molecular weight is 464 g/mol. The SMILES string of the molecule is Cc1ccc(C)c(/C(O)=C2\C(=O)C(=O)N(CCc3ccc(F)cc3)C2c2ccc(Cl)cc2)c1. The number of rotatable bonds is 5. The quantitative estimate of drug-likeness (QED) is 0.297. The van der Waals surface area contributed by atoms with Gasteiger partial charge in [0.25, 0.3) is 11.7 Å². The number of aliphatic hydroxyl groups is 1. The lowest BCUT2D eigenvalue weighted by molar-refractivity contribution is -0.139. The van der Waals surface area contributed by atoms with Crippen LogP contribution in [-0.2, 0) is 16.0 Å². The Morgan fingerprint density at radius 2 is 1.67 bits per heavy atom. The van der Waals surface area contributed by atoms with E-state index in [1.165, 1.54) is 17.0 Å². The minimum atomic E-state index is -0.761. The van der Waals surface area contributed by atoms with Gasteiger partial charge in [-0.15, -0.1) is 0 Å². The second-order valence-electron chi connectivity index (χ2n) is 8.24. The highest BCUT2D eigenvalue weighted by Crippen LogP contribution is 2.40. The highest BCUT2D eigenvalue weighted by atomic mass is 35.5. The van der Waals surface area contributed by atoms with Crippen LogP contribution in [0.3, 0.4) is 0 Å². The molecule has 4 nitrogen and oxygen atoms in total. The summed E-state index contributed by atoms with van der Waals surface area (Å²) in [6, 6.07) is 17.7. The van der Waals surface area contributed by atoms with Gasteiger partial charge in [0.15, 0.2) is 0 Å². The third-order valence-electron chi connectivity index (χ3n) is 5.93. The molecular formula is C27H23ClFNO3. The van der Waals surface area contributed by atoms with Crippen molar-refractivity contribution in [3.8, 4) is 0 Å². The van der Waals surface area contributed by atoms with Crippen molar-refractivity contribution in [2.75, 3.05) is 6.54 Å². The first-order valence-electron chi connectivity index (χ1n) is 10.6. The van der Waals surface area contributed by atoms with Gasteiger partial charge in [-0.25, -0.2) is 4.39 Å². The number of carbonyl (C=O) groups excluding carboxylic acids is 2. The maximum Gasteiger partial charge on any atom is 0.295 e. The molecule has 0 spiro atoms. The predicted octanol–water partition coefficient (Wildman–Crippen LogP) is 5.76. The number of aryl methyl sites for hydroxylation is 2. The standard InChI is InChI=1S/C27H23ClFNO3/c1-16-3-4-17(2)22(15-16)25(31)23-24(19-7-9-20(28)10-8-19)30(27(33)26(23)32)14-13-18-5-11-21(29)12-6-18/h3-12,15,24,31H,13-14H2,1-2H3/b25-23+. The smallest absolute Gasteiger partial charge is 0.295 e. The molecule has 1 unspecified atom stereocenters. The molecule has 0 radical (unpaired) electrons. The summed E-state index contributed by atoms with van der Waals surface area (Å²) in [6.45, 7) is 3.97. The van der Waals surface area contributed by atoms with Crippen molar-refractivity contribution in [2.45, 2.75) is 26.3 Å². The third kappa shape index (κ3) is 4.55. The highest BCUT2D eigenvalue weighted by Gasteiger charge is 2.45. The molecule has 168 valence electrons. The van der Waals surface area contributed by atoms with Gasteiger partial charge >= 0.3 is 0 Å². The number of aliphatic hydroxyl groups excluding tert-OH is 1. The van der Waals surface area contributed by atoms with Gasteiger partial charge in [0.05, 0.1) is 11.6 Å². The zero-order valence-electron chi connectivity index (χ0n) is 18.3. The minimum Gasteiger partial charge on any atom is -0.507 e. The molecule has 1 atom stereocenters. The zero-order chi connectivity index (χ0) is 23.7. The molecule has 4 rings (SSSR count). The first-order valence-corrected chi connectivity index (χ1v) is 11.0. The summed E-state index contributed by atoms with van der Waals surface area (Å²) in [4.78, 5) is 27.7. The van der Waals surface area contributed by atoms with E-state index in [1.54, 1.807) is 42.5 Å². The summed E-state index contributed by atoms with van der Waals surface area (Å²) in [7, 11) is 0. The van der Waals surface area contributed by atoms with E-state index < -0.39 is 17.7 Å². The molecule has 1 amide bonds. The van der Waals surface area contributed by atoms with E-state index >= 15 is 0 Å². The van der Waals surface area contributed by atoms with Gasteiger partial charge in [-0.05, 0) is 67.3 Å². The van der Waals surface area contributed by atoms with Crippen LogP contribution in [0.15, 0.2) is 72.3 Å². The van der Waals surface area contributed by atoms with Crippen LogP contribution in [0.2, 0.25) is 5.02 Å². The Hall–Kier alpha value is -3.44. The Bertz CT molecular complexity index is 1250. The molecule has 1 N–H and O–H groups in total. The summed E-state index contributed by atoms with van der Waals surface area (Å²) in [5, 5.41) is 11.8. The van der Waals surface area contributed by atoms with Crippen molar-refractivity contribution in [2.24, 2.45) is 0 Å². The average Bonchev–Trinajstić information content (AvgIpc) is 3.05. The van der Waals surface area contributed by atoms with Gasteiger partial charge in [-0.1, -0.05) is 53.6 Å². The number of hydrogen-bond donors (Lipinski definition) is 1. The number of Topliss-reactive ketones (excluding diaryl/α,β-unsaturated/α-hetero) is 1. The first-order chi connectivity index (χ1) is 15.8. The molecule has 6 heteroatoms. The Morgan fingerprint density at radius 1 is 1.00 bits per heavy atom. The second-order valence-corrected chi connectivity index (χ2v) is 8.68. The van der Waals surface area contributed by atoms with Gasteiger partial charge in [-0.2, -0.15) is 0 Å². The number of likely N-dealkylation sites (tertiary alicyclic amines) is 1. The predicted molar refractivity (Wildman–Crippen MR) is 126 cm³/mol. The van der Waals surface area contributed by atoms with Gasteiger partial charge < -0.3 is 10.0 Å². The van der Waals surface area contributed by atoms with Crippen LogP contribution in [0.5, 0.6) is 0 Å². The van der Waals surface area contributed by atoms with Crippen molar-refractivity contribution >= 4 is 29.1 Å². The lowest BCUT2D eigenvalue weighted by atomic mass is 9.93. The molecule has 3 aromatic rings. The Labute approximate surface area is 196 Å². The fourth-order valence-electron chi connectivity index (χ4n) is 4.14. The Balaban J connectivity index is 1.80. The molecule has 0 saturated carbocycles. The van der Waals surface area contributed by atoms with Crippen LogP contribution >= 0.6 is 11.6 Å². The van der Waals surface area contributed by atoms with Crippen molar-refractivity contribution in [1.29, 1.82) is 0 Å². The minimum absolute atomic E-state index is 0.0510. The summed E-state index contributed by atoms with van der Waals surface area (Å²) in [5.41, 5.74) is 3.80. The molecular weight excluding hydrogens is 441 g/mol. The summed E-state index contributed by atoms with van der Waals surface area (Å²) in [5.74, 6) is -1.94. The van der Waals surface area contributed by atoms with Crippen LogP contribution < -0.4 is 0 Å². The largest absolute Gasteiger partial charge is 0.507 e. The van der Waals surface area contributed by atoms with E-state index in [9.17, 15) is 19.1 Å². The van der Waals surface area contributed by atoms with Crippen molar-refractivity contribution < 1.29 is 19.1 Å². The molecule has 3 aromatic carbocycles. The Morgan fingerprint density at radius 3 is 2.33 bits per heavy atom. The van der Waals surface area contributed by atoms with E-state index in [0.29, 0.717) is 22.6 Å². The van der Waals surface area contributed by atoms with Gasteiger partial charge in [0.1, 0.15) is 11.6 Å². The molecule has 0 aromatic heterocycles. The fraction of sp³-hybridized carbons (Fsp3) is 0.185. The van der Waals surface area contributed by atoms with E-state index in [-0.39, 0.29) is 23.7 Å². The van der Waals surface area contributed by atoms with Crippen LogP contribution in [0, 0.1) is 19.7 Å². The lowest BCUT2D eigenvalue weighted by Gasteiger charge is -2.25. The number of amides is 1. The fourth-order valence-corrected chi connectivity index (χ4v) is 4.26. The number of nitrogens with zero attached hydrogens (tertiary/aromatic N) is 1. The van der Waals surface area contributed by atoms with E-state index in [2.05, 4.69) is 0 Å². The molecule has 1 fully saturated rings.